The average Bonchev–Trinajstić information content (AvgIpc) is 2.52. The van der Waals surface area contributed by atoms with Gasteiger partial charge in [-0.05, 0) is 41.8 Å². The van der Waals surface area contributed by atoms with Gasteiger partial charge in [0.2, 0.25) is 0 Å². The van der Waals surface area contributed by atoms with Crippen LogP contribution in [-0.2, 0) is 0 Å². The molecule has 14 heavy (non-hydrogen) atoms. The summed E-state index contributed by atoms with van der Waals surface area (Å²) < 4.78 is 0.915. The third kappa shape index (κ3) is 1.71. The van der Waals surface area contributed by atoms with Gasteiger partial charge >= 0.3 is 0 Å². The van der Waals surface area contributed by atoms with Crippen LogP contribution >= 0.6 is 15.9 Å². The van der Waals surface area contributed by atoms with E-state index in [0.717, 1.165) is 28.9 Å². The van der Waals surface area contributed by atoms with Gasteiger partial charge in [0.1, 0.15) is 0 Å². The minimum absolute atomic E-state index is 0.311. The Morgan fingerprint density at radius 3 is 3.00 bits per heavy atom. The van der Waals surface area contributed by atoms with Gasteiger partial charge in [0.15, 0.2) is 5.82 Å². The van der Waals surface area contributed by atoms with Crippen molar-refractivity contribution in [1.82, 2.24) is 4.98 Å². The first-order valence-electron chi connectivity index (χ1n) is 4.69. The van der Waals surface area contributed by atoms with Gasteiger partial charge in [0, 0.05) is 23.3 Å². The average molecular weight is 255 g/mol. The first kappa shape index (κ1) is 9.77. The van der Waals surface area contributed by atoms with Crippen LogP contribution in [0.5, 0.6) is 0 Å². The lowest BCUT2D eigenvalue weighted by molar-refractivity contribution is 0.792. The van der Waals surface area contributed by atoms with Gasteiger partial charge in [-0.15, -0.1) is 0 Å². The molecule has 1 aromatic heterocycles. The van der Waals surface area contributed by atoms with E-state index in [1.807, 2.05) is 6.07 Å². The van der Waals surface area contributed by atoms with Gasteiger partial charge < -0.3 is 10.6 Å². The van der Waals surface area contributed by atoms with Crippen molar-refractivity contribution >= 4 is 27.4 Å². The maximum Gasteiger partial charge on any atom is 0.152 e. The topological polar surface area (TPSA) is 42.2 Å². The molecular weight excluding hydrogens is 242 g/mol. The zero-order chi connectivity index (χ0) is 10.1. The Labute approximate surface area is 92.4 Å². The highest BCUT2D eigenvalue weighted by atomic mass is 79.9. The van der Waals surface area contributed by atoms with Crippen LogP contribution in [0.4, 0.5) is 11.5 Å². The largest absolute Gasteiger partial charge is 0.396 e. The molecule has 1 aliphatic heterocycles. The fraction of sp³-hybridized carbons (Fsp3) is 0.400. The molecule has 1 fully saturated rings. The Morgan fingerprint density at radius 1 is 1.64 bits per heavy atom. The highest BCUT2D eigenvalue weighted by molar-refractivity contribution is 9.10. The van der Waals surface area contributed by atoms with Crippen molar-refractivity contribution in [1.29, 1.82) is 0 Å². The molecule has 1 aliphatic rings. The van der Waals surface area contributed by atoms with E-state index in [2.05, 4.69) is 32.7 Å². The van der Waals surface area contributed by atoms with Crippen molar-refractivity contribution in [3.63, 3.8) is 0 Å². The summed E-state index contributed by atoms with van der Waals surface area (Å²) in [4.78, 5) is 6.49. The smallest absolute Gasteiger partial charge is 0.152 e. The van der Waals surface area contributed by atoms with Crippen LogP contribution in [-0.4, -0.2) is 17.6 Å². The minimum atomic E-state index is 0.311. The van der Waals surface area contributed by atoms with Crippen molar-refractivity contribution in [2.24, 2.45) is 0 Å². The first-order valence-corrected chi connectivity index (χ1v) is 5.48. The summed E-state index contributed by atoms with van der Waals surface area (Å²) in [6.45, 7) is 5.08. The summed E-state index contributed by atoms with van der Waals surface area (Å²) in [6.07, 6.45) is 4.07. The van der Waals surface area contributed by atoms with Crippen LogP contribution in [0.1, 0.15) is 12.8 Å². The molecule has 4 heteroatoms. The zero-order valence-corrected chi connectivity index (χ0v) is 9.50. The Balaban J connectivity index is 2.31. The zero-order valence-electron chi connectivity index (χ0n) is 7.91. The van der Waals surface area contributed by atoms with E-state index in [1.165, 1.54) is 6.42 Å². The standard InChI is InChI=1S/C10H13BrN3/c1-7-3-2-4-14(7)10-9(12)5-8(11)6-13-10/h5-7H,1-4,12H2/t7-/m1/s1. The summed E-state index contributed by atoms with van der Waals surface area (Å²) >= 11 is 3.34. The van der Waals surface area contributed by atoms with Gasteiger partial charge in [0.05, 0.1) is 5.69 Å². The van der Waals surface area contributed by atoms with E-state index in [1.54, 1.807) is 6.20 Å². The minimum Gasteiger partial charge on any atom is -0.396 e. The maximum absolute atomic E-state index is 5.90. The SMILES string of the molecule is [CH2][C@@H]1CCCN1c1ncc(Br)cc1N. The lowest BCUT2D eigenvalue weighted by Gasteiger charge is -2.23. The van der Waals surface area contributed by atoms with Crippen molar-refractivity contribution in [3.8, 4) is 0 Å². The van der Waals surface area contributed by atoms with Gasteiger partial charge in [-0.1, -0.05) is 0 Å². The molecule has 1 atom stereocenters. The quantitative estimate of drug-likeness (QED) is 0.836. The lowest BCUT2D eigenvalue weighted by atomic mass is 10.2. The van der Waals surface area contributed by atoms with E-state index in [4.69, 9.17) is 5.73 Å². The molecule has 0 unspecified atom stereocenters. The molecule has 2 N–H and O–H groups in total. The number of hydrogen-bond acceptors (Lipinski definition) is 3. The molecule has 1 saturated heterocycles. The molecule has 3 nitrogen and oxygen atoms in total. The van der Waals surface area contributed by atoms with Crippen molar-refractivity contribution in [2.45, 2.75) is 18.9 Å². The van der Waals surface area contributed by atoms with E-state index < -0.39 is 0 Å². The molecule has 0 bridgehead atoms. The van der Waals surface area contributed by atoms with Crippen LogP contribution in [0, 0.1) is 6.92 Å². The van der Waals surface area contributed by atoms with Gasteiger partial charge in [-0.25, -0.2) is 4.98 Å². The number of aromatic nitrogens is 1. The second kappa shape index (κ2) is 3.77. The fourth-order valence-corrected chi connectivity index (χ4v) is 2.15. The van der Waals surface area contributed by atoms with Gasteiger partial charge in [0.25, 0.3) is 0 Å². The molecule has 0 amide bonds. The van der Waals surface area contributed by atoms with Crippen molar-refractivity contribution < 1.29 is 0 Å². The van der Waals surface area contributed by atoms with Crippen LogP contribution < -0.4 is 10.6 Å². The van der Waals surface area contributed by atoms with Crippen LogP contribution in [0.25, 0.3) is 0 Å². The molecule has 0 saturated carbocycles. The summed E-state index contributed by atoms with van der Waals surface area (Å²) in [5, 5.41) is 0. The molecular formula is C10H13BrN3. The summed E-state index contributed by atoms with van der Waals surface area (Å²) in [5.41, 5.74) is 6.62. The maximum atomic E-state index is 5.90. The Morgan fingerprint density at radius 2 is 2.43 bits per heavy atom. The molecule has 0 aromatic carbocycles. The summed E-state index contributed by atoms with van der Waals surface area (Å²) in [6, 6.07) is 2.19. The van der Waals surface area contributed by atoms with E-state index in [-0.39, 0.29) is 0 Å². The van der Waals surface area contributed by atoms with Crippen LogP contribution in [0.3, 0.4) is 0 Å². The van der Waals surface area contributed by atoms with E-state index in [9.17, 15) is 0 Å². The number of rotatable bonds is 1. The Bertz CT molecular complexity index is 340. The molecule has 2 heterocycles. The molecule has 1 radical (unpaired) electrons. The number of nitrogen functional groups attached to an aromatic ring is 1. The number of halogens is 1. The fourth-order valence-electron chi connectivity index (χ4n) is 1.80. The molecule has 75 valence electrons. The van der Waals surface area contributed by atoms with E-state index in [0.29, 0.717) is 6.04 Å². The summed E-state index contributed by atoms with van der Waals surface area (Å²) in [7, 11) is 0. The molecule has 0 aliphatic carbocycles. The predicted molar refractivity (Wildman–Crippen MR) is 62.1 cm³/mol. The highest BCUT2D eigenvalue weighted by Crippen LogP contribution is 2.29. The third-order valence-electron chi connectivity index (χ3n) is 2.51. The lowest BCUT2D eigenvalue weighted by Crippen LogP contribution is -2.28. The first-order chi connectivity index (χ1) is 6.68. The second-order valence-corrected chi connectivity index (χ2v) is 4.47. The molecule has 0 spiro atoms. The normalized spacial score (nSPS) is 21.6. The van der Waals surface area contributed by atoms with Crippen molar-refractivity contribution in [3.05, 3.63) is 23.7 Å². The number of pyridine rings is 1. The molecule has 2 rings (SSSR count). The van der Waals surface area contributed by atoms with Crippen LogP contribution in [0.15, 0.2) is 16.7 Å². The van der Waals surface area contributed by atoms with Gasteiger partial charge in [-0.2, -0.15) is 0 Å². The predicted octanol–water partition coefficient (Wildman–Crippen LogP) is 2.23. The van der Waals surface area contributed by atoms with E-state index >= 15 is 0 Å². The highest BCUT2D eigenvalue weighted by Gasteiger charge is 2.23. The number of anilines is 2. The monoisotopic (exact) mass is 254 g/mol. The van der Waals surface area contributed by atoms with Crippen molar-refractivity contribution in [2.75, 3.05) is 17.2 Å². The number of hydrogen-bond donors (Lipinski definition) is 1. The Kier molecular flexibility index (Phi) is 2.63. The third-order valence-corrected chi connectivity index (χ3v) is 2.94. The molecule has 1 aromatic rings. The number of nitrogens with zero attached hydrogens (tertiary/aromatic N) is 2. The van der Waals surface area contributed by atoms with Gasteiger partial charge in [-0.3, -0.25) is 0 Å². The Hall–Kier alpha value is -0.770. The number of nitrogens with two attached hydrogens (primary N) is 1. The van der Waals surface area contributed by atoms with Crippen LogP contribution in [0.2, 0.25) is 0 Å². The summed E-state index contributed by atoms with van der Waals surface area (Å²) in [5.74, 6) is 0.866. The second-order valence-electron chi connectivity index (χ2n) is 3.56.